The number of benzene rings is 1. The lowest BCUT2D eigenvalue weighted by molar-refractivity contribution is 0.387. The van der Waals surface area contributed by atoms with E-state index in [1.54, 1.807) is 18.2 Å². The van der Waals surface area contributed by atoms with E-state index in [1.165, 1.54) is 12.1 Å². The second-order valence-corrected chi connectivity index (χ2v) is 6.46. The monoisotopic (exact) mass is 298 g/mol. The number of hydrogen-bond donors (Lipinski definition) is 1. The van der Waals surface area contributed by atoms with Crippen LogP contribution < -0.4 is 4.72 Å². The third kappa shape index (κ3) is 2.46. The van der Waals surface area contributed by atoms with E-state index in [1.807, 2.05) is 0 Å². The lowest BCUT2D eigenvalue weighted by atomic mass is 10.3. The van der Waals surface area contributed by atoms with Crippen LogP contribution in [0.1, 0.15) is 24.5 Å². The minimum Gasteiger partial charge on any atom is -0.357 e. The average molecular weight is 299 g/mol. The van der Waals surface area contributed by atoms with Crippen LogP contribution in [0.5, 0.6) is 0 Å². The van der Waals surface area contributed by atoms with Crippen molar-refractivity contribution in [3.05, 3.63) is 41.1 Å². The molecule has 19 heavy (non-hydrogen) atoms. The van der Waals surface area contributed by atoms with Gasteiger partial charge in [-0.15, -0.1) is 0 Å². The van der Waals surface area contributed by atoms with Crippen molar-refractivity contribution in [1.82, 2.24) is 5.16 Å². The molecule has 100 valence electrons. The van der Waals surface area contributed by atoms with E-state index in [4.69, 9.17) is 16.1 Å². The van der Waals surface area contributed by atoms with E-state index in [0.29, 0.717) is 5.76 Å². The van der Waals surface area contributed by atoms with Crippen LogP contribution in [0.2, 0.25) is 5.02 Å². The van der Waals surface area contributed by atoms with Crippen molar-refractivity contribution < 1.29 is 12.9 Å². The summed E-state index contributed by atoms with van der Waals surface area (Å²) < 4.78 is 31.6. The first-order valence-electron chi connectivity index (χ1n) is 5.81. The number of nitrogens with zero attached hydrogens (tertiary/aromatic N) is 1. The van der Waals surface area contributed by atoms with Gasteiger partial charge in [-0.3, -0.25) is 4.72 Å². The molecule has 0 unspecified atom stereocenters. The summed E-state index contributed by atoms with van der Waals surface area (Å²) >= 11 is 6.07. The summed E-state index contributed by atoms with van der Waals surface area (Å²) in [5.41, 5.74) is 0. The predicted octanol–water partition coefficient (Wildman–Crippen LogP) is 3.01. The van der Waals surface area contributed by atoms with Gasteiger partial charge in [0.05, 0.1) is 4.90 Å². The predicted molar refractivity (Wildman–Crippen MR) is 70.7 cm³/mol. The van der Waals surface area contributed by atoms with Gasteiger partial charge in [0, 0.05) is 5.92 Å². The second-order valence-electron chi connectivity index (χ2n) is 4.40. The molecule has 2 aromatic rings. The summed E-state index contributed by atoms with van der Waals surface area (Å²) in [6.07, 6.45) is 2.00. The zero-order valence-corrected chi connectivity index (χ0v) is 11.4. The van der Waals surface area contributed by atoms with Crippen molar-refractivity contribution in [1.29, 1.82) is 0 Å². The topological polar surface area (TPSA) is 72.2 Å². The third-order valence-corrected chi connectivity index (χ3v) is 4.61. The molecule has 1 aliphatic carbocycles. The SMILES string of the molecule is O=S(=O)(Nc1noc(C2CC2)c1Cl)c1ccccc1. The number of hydrogen-bond acceptors (Lipinski definition) is 4. The number of nitrogens with one attached hydrogen (secondary N) is 1. The van der Waals surface area contributed by atoms with Gasteiger partial charge in [-0.05, 0) is 25.0 Å². The van der Waals surface area contributed by atoms with Crippen molar-refractivity contribution >= 4 is 27.4 Å². The molecule has 0 atom stereocenters. The lowest BCUT2D eigenvalue weighted by Gasteiger charge is -2.04. The molecule has 1 N–H and O–H groups in total. The summed E-state index contributed by atoms with van der Waals surface area (Å²) in [4.78, 5) is 0.155. The molecule has 0 saturated heterocycles. The van der Waals surface area contributed by atoms with Gasteiger partial charge in [-0.2, -0.15) is 0 Å². The maximum Gasteiger partial charge on any atom is 0.263 e. The summed E-state index contributed by atoms with van der Waals surface area (Å²) in [5.74, 6) is 0.884. The molecule has 1 saturated carbocycles. The van der Waals surface area contributed by atoms with Crippen LogP contribution in [0.3, 0.4) is 0 Å². The number of aromatic nitrogens is 1. The highest BCUT2D eigenvalue weighted by atomic mass is 35.5. The van der Waals surface area contributed by atoms with Crippen molar-refractivity contribution in [2.45, 2.75) is 23.7 Å². The van der Waals surface area contributed by atoms with Gasteiger partial charge >= 0.3 is 0 Å². The van der Waals surface area contributed by atoms with Crippen LogP contribution in [0.25, 0.3) is 0 Å². The Morgan fingerprint density at radius 3 is 2.58 bits per heavy atom. The summed E-state index contributed by atoms with van der Waals surface area (Å²) in [6, 6.07) is 8.03. The van der Waals surface area contributed by atoms with Gasteiger partial charge < -0.3 is 4.52 Å². The van der Waals surface area contributed by atoms with E-state index < -0.39 is 10.0 Å². The molecule has 7 heteroatoms. The summed E-state index contributed by atoms with van der Waals surface area (Å²) in [5, 5.41) is 3.94. The Morgan fingerprint density at radius 2 is 1.95 bits per heavy atom. The molecule has 1 aromatic heterocycles. The molecule has 0 aliphatic heterocycles. The van der Waals surface area contributed by atoms with Crippen molar-refractivity contribution in [2.75, 3.05) is 4.72 Å². The van der Waals surface area contributed by atoms with Gasteiger partial charge in [0.15, 0.2) is 5.76 Å². The zero-order valence-electron chi connectivity index (χ0n) is 9.84. The number of rotatable bonds is 4. The first-order valence-corrected chi connectivity index (χ1v) is 7.67. The van der Waals surface area contributed by atoms with E-state index in [0.717, 1.165) is 12.8 Å². The van der Waals surface area contributed by atoms with E-state index in [9.17, 15) is 8.42 Å². The van der Waals surface area contributed by atoms with Crippen LogP contribution in [0, 0.1) is 0 Å². The standard InChI is InChI=1S/C12H11ClN2O3S/c13-10-11(8-6-7-8)18-14-12(10)15-19(16,17)9-4-2-1-3-5-9/h1-5,8H,6-7H2,(H,14,15). The minimum absolute atomic E-state index is 0.0485. The molecular formula is C12H11ClN2O3S. The quantitative estimate of drug-likeness (QED) is 0.942. The minimum atomic E-state index is -3.68. The van der Waals surface area contributed by atoms with Crippen molar-refractivity contribution in [3.8, 4) is 0 Å². The van der Waals surface area contributed by atoms with E-state index in [2.05, 4.69) is 9.88 Å². The van der Waals surface area contributed by atoms with Crippen molar-refractivity contribution in [3.63, 3.8) is 0 Å². The highest BCUT2D eigenvalue weighted by Gasteiger charge is 2.32. The van der Waals surface area contributed by atoms with Crippen LogP contribution in [0.15, 0.2) is 39.8 Å². The third-order valence-electron chi connectivity index (χ3n) is 2.89. The van der Waals surface area contributed by atoms with Gasteiger partial charge in [-0.1, -0.05) is 35.0 Å². The van der Waals surface area contributed by atoms with Gasteiger partial charge in [0.1, 0.15) is 5.02 Å². The van der Waals surface area contributed by atoms with Gasteiger partial charge in [0.2, 0.25) is 5.82 Å². The highest BCUT2D eigenvalue weighted by Crippen LogP contribution is 2.45. The molecule has 3 rings (SSSR count). The zero-order chi connectivity index (χ0) is 13.5. The van der Waals surface area contributed by atoms with Gasteiger partial charge in [0.25, 0.3) is 10.0 Å². The Bertz CT molecular complexity index is 693. The lowest BCUT2D eigenvalue weighted by Crippen LogP contribution is -2.13. The summed E-state index contributed by atoms with van der Waals surface area (Å²) in [7, 11) is -3.68. The van der Waals surface area contributed by atoms with E-state index in [-0.39, 0.29) is 21.7 Å². The first kappa shape index (κ1) is 12.5. The number of anilines is 1. The van der Waals surface area contributed by atoms with Gasteiger partial charge in [-0.25, -0.2) is 8.42 Å². The maximum atomic E-state index is 12.1. The molecule has 0 bridgehead atoms. The molecule has 0 amide bonds. The van der Waals surface area contributed by atoms with Crippen molar-refractivity contribution in [2.24, 2.45) is 0 Å². The fourth-order valence-electron chi connectivity index (χ4n) is 1.74. The Labute approximate surface area is 115 Å². The Morgan fingerprint density at radius 1 is 1.26 bits per heavy atom. The smallest absolute Gasteiger partial charge is 0.263 e. The first-order chi connectivity index (χ1) is 9.08. The Hall–Kier alpha value is -1.53. The molecule has 1 aromatic carbocycles. The number of sulfonamides is 1. The molecule has 1 heterocycles. The number of halogens is 1. The Kier molecular flexibility index (Phi) is 2.99. The van der Waals surface area contributed by atoms with E-state index >= 15 is 0 Å². The molecule has 1 fully saturated rings. The molecule has 0 spiro atoms. The Balaban J connectivity index is 1.89. The molecule has 0 radical (unpaired) electrons. The molecular weight excluding hydrogens is 288 g/mol. The van der Waals surface area contributed by atoms with Crippen LogP contribution in [-0.2, 0) is 10.0 Å². The fraction of sp³-hybridized carbons (Fsp3) is 0.250. The fourth-order valence-corrected chi connectivity index (χ4v) is 3.09. The normalized spacial score (nSPS) is 15.4. The molecule has 5 nitrogen and oxygen atoms in total. The van der Waals surface area contributed by atoms with Crippen LogP contribution in [-0.4, -0.2) is 13.6 Å². The van der Waals surface area contributed by atoms with Crippen LogP contribution >= 0.6 is 11.6 Å². The average Bonchev–Trinajstić information content (AvgIpc) is 3.18. The second kappa shape index (κ2) is 4.54. The van der Waals surface area contributed by atoms with Crippen LogP contribution in [0.4, 0.5) is 5.82 Å². The highest BCUT2D eigenvalue weighted by molar-refractivity contribution is 7.92. The maximum absolute atomic E-state index is 12.1. The molecule has 1 aliphatic rings. The summed E-state index contributed by atoms with van der Waals surface area (Å²) in [6.45, 7) is 0. The largest absolute Gasteiger partial charge is 0.357 e.